The Morgan fingerprint density at radius 2 is 1.97 bits per heavy atom. The number of alkyl halides is 1. The molecule has 1 aromatic heterocycles. The highest BCUT2D eigenvalue weighted by molar-refractivity contribution is 6.12. The number of ether oxygens (including phenoxy) is 1. The van der Waals surface area contributed by atoms with Crippen LogP contribution in [0.25, 0.3) is 10.8 Å². The van der Waals surface area contributed by atoms with Gasteiger partial charge in [-0.05, 0) is 23.8 Å². The van der Waals surface area contributed by atoms with Crippen LogP contribution in [-0.4, -0.2) is 53.3 Å². The van der Waals surface area contributed by atoms with Gasteiger partial charge in [-0.15, -0.1) is 0 Å². The predicted octanol–water partition coefficient (Wildman–Crippen LogP) is 3.12. The summed E-state index contributed by atoms with van der Waals surface area (Å²) in [5, 5.41) is 8.33. The van der Waals surface area contributed by atoms with Crippen molar-refractivity contribution >= 4 is 34.1 Å². The SMILES string of the molecule is CC(C)(C)COC(=O)C[C@H](NC(=O)C1(C)CC(c2nccc3ccccc23)=NO1)C(=O)CF. The number of aromatic nitrogens is 1. The smallest absolute Gasteiger partial charge is 0.308 e. The first kappa shape index (κ1) is 24.3. The second-order valence-electron chi connectivity index (χ2n) is 9.47. The quantitative estimate of drug-likeness (QED) is 0.611. The lowest BCUT2D eigenvalue weighted by Crippen LogP contribution is -2.52. The summed E-state index contributed by atoms with van der Waals surface area (Å²) in [4.78, 5) is 47.0. The van der Waals surface area contributed by atoms with Crippen molar-refractivity contribution in [2.75, 3.05) is 13.3 Å². The van der Waals surface area contributed by atoms with Gasteiger partial charge in [-0.3, -0.25) is 19.4 Å². The Morgan fingerprint density at radius 3 is 2.67 bits per heavy atom. The van der Waals surface area contributed by atoms with Crippen LogP contribution < -0.4 is 5.32 Å². The van der Waals surface area contributed by atoms with E-state index < -0.39 is 42.4 Å². The molecule has 2 atom stereocenters. The van der Waals surface area contributed by atoms with E-state index in [-0.39, 0.29) is 18.4 Å². The molecule has 1 aromatic carbocycles. The summed E-state index contributed by atoms with van der Waals surface area (Å²) < 4.78 is 18.3. The Morgan fingerprint density at radius 1 is 1.24 bits per heavy atom. The maximum Gasteiger partial charge on any atom is 0.308 e. The number of nitrogens with zero attached hydrogens (tertiary/aromatic N) is 2. The van der Waals surface area contributed by atoms with E-state index in [2.05, 4.69) is 15.5 Å². The fourth-order valence-corrected chi connectivity index (χ4v) is 3.31. The van der Waals surface area contributed by atoms with Crippen molar-refractivity contribution < 1.29 is 28.3 Å². The summed E-state index contributed by atoms with van der Waals surface area (Å²) in [5.74, 6) is -2.31. The molecular weight excluding hydrogens is 429 g/mol. The number of amides is 1. The molecule has 1 aliphatic rings. The fourth-order valence-electron chi connectivity index (χ4n) is 3.31. The molecule has 2 aromatic rings. The van der Waals surface area contributed by atoms with Crippen molar-refractivity contribution in [1.29, 1.82) is 0 Å². The van der Waals surface area contributed by atoms with Gasteiger partial charge in [0.1, 0.15) is 18.4 Å². The minimum Gasteiger partial charge on any atom is -0.465 e. The van der Waals surface area contributed by atoms with Gasteiger partial charge in [-0.1, -0.05) is 50.2 Å². The van der Waals surface area contributed by atoms with Crippen molar-refractivity contribution in [1.82, 2.24) is 10.3 Å². The molecule has 33 heavy (non-hydrogen) atoms. The Hall–Kier alpha value is -3.36. The van der Waals surface area contributed by atoms with E-state index in [1.54, 1.807) is 6.20 Å². The van der Waals surface area contributed by atoms with E-state index in [4.69, 9.17) is 9.57 Å². The number of esters is 1. The second kappa shape index (κ2) is 9.64. The third kappa shape index (κ3) is 5.91. The van der Waals surface area contributed by atoms with Gasteiger partial charge in [0.2, 0.25) is 5.60 Å². The summed E-state index contributed by atoms with van der Waals surface area (Å²) in [7, 11) is 0. The highest BCUT2D eigenvalue weighted by Gasteiger charge is 2.44. The minimum atomic E-state index is -1.45. The van der Waals surface area contributed by atoms with Crippen LogP contribution >= 0.6 is 0 Å². The molecule has 0 aliphatic carbocycles. The number of hydrogen-bond acceptors (Lipinski definition) is 7. The number of oxime groups is 1. The van der Waals surface area contributed by atoms with Crippen molar-refractivity contribution in [3.63, 3.8) is 0 Å². The molecular formula is C24H28FN3O5. The molecule has 2 heterocycles. The van der Waals surface area contributed by atoms with E-state index in [1.165, 1.54) is 6.92 Å². The zero-order chi connectivity index (χ0) is 24.2. The summed E-state index contributed by atoms with van der Waals surface area (Å²) >= 11 is 0. The third-order valence-electron chi connectivity index (χ3n) is 5.15. The Labute approximate surface area is 191 Å². The first-order valence-corrected chi connectivity index (χ1v) is 10.7. The van der Waals surface area contributed by atoms with Crippen molar-refractivity contribution in [2.24, 2.45) is 10.6 Å². The molecule has 1 unspecified atom stereocenters. The highest BCUT2D eigenvalue weighted by atomic mass is 19.1. The molecule has 1 aliphatic heterocycles. The zero-order valence-corrected chi connectivity index (χ0v) is 19.2. The van der Waals surface area contributed by atoms with E-state index in [0.717, 1.165) is 10.8 Å². The first-order chi connectivity index (χ1) is 15.5. The monoisotopic (exact) mass is 457 g/mol. The molecule has 176 valence electrons. The van der Waals surface area contributed by atoms with E-state index >= 15 is 0 Å². The summed E-state index contributed by atoms with van der Waals surface area (Å²) in [6.45, 7) is 5.97. The van der Waals surface area contributed by atoms with Gasteiger partial charge in [-0.25, -0.2) is 4.39 Å². The van der Waals surface area contributed by atoms with Crippen molar-refractivity contribution in [3.05, 3.63) is 42.2 Å². The number of fused-ring (bicyclic) bond motifs is 1. The molecule has 9 heteroatoms. The highest BCUT2D eigenvalue weighted by Crippen LogP contribution is 2.29. The predicted molar refractivity (Wildman–Crippen MR) is 120 cm³/mol. The largest absolute Gasteiger partial charge is 0.465 e. The molecule has 1 amide bonds. The van der Waals surface area contributed by atoms with Crippen LogP contribution in [0.1, 0.15) is 46.2 Å². The zero-order valence-electron chi connectivity index (χ0n) is 19.2. The van der Waals surface area contributed by atoms with E-state index in [0.29, 0.717) is 11.4 Å². The molecule has 0 radical (unpaired) electrons. The van der Waals surface area contributed by atoms with Crippen molar-refractivity contribution in [2.45, 2.75) is 52.2 Å². The molecule has 0 saturated heterocycles. The van der Waals surface area contributed by atoms with Crippen LogP contribution in [0.4, 0.5) is 4.39 Å². The first-order valence-electron chi connectivity index (χ1n) is 10.7. The lowest BCUT2D eigenvalue weighted by atomic mass is 9.94. The minimum absolute atomic E-state index is 0.0881. The van der Waals surface area contributed by atoms with Crippen LogP contribution in [0.2, 0.25) is 0 Å². The van der Waals surface area contributed by atoms with Gasteiger partial charge in [0.05, 0.1) is 18.7 Å². The topological polar surface area (TPSA) is 107 Å². The maximum absolute atomic E-state index is 13.1. The molecule has 3 rings (SSSR count). The van der Waals surface area contributed by atoms with Crippen LogP contribution in [0.15, 0.2) is 41.7 Å². The lowest BCUT2D eigenvalue weighted by molar-refractivity contribution is -0.150. The number of hydrogen-bond donors (Lipinski definition) is 1. The number of pyridine rings is 1. The normalized spacial score (nSPS) is 18.9. The van der Waals surface area contributed by atoms with Gasteiger partial charge in [0.25, 0.3) is 5.91 Å². The molecule has 8 nitrogen and oxygen atoms in total. The average molecular weight is 458 g/mol. The Balaban J connectivity index is 1.70. The number of benzene rings is 1. The lowest BCUT2D eigenvalue weighted by Gasteiger charge is -2.24. The van der Waals surface area contributed by atoms with Crippen molar-refractivity contribution in [3.8, 4) is 0 Å². The van der Waals surface area contributed by atoms with Gasteiger partial charge in [-0.2, -0.15) is 0 Å². The molecule has 0 spiro atoms. The summed E-state index contributed by atoms with van der Waals surface area (Å²) in [6.07, 6.45) is 1.26. The standard InChI is InChI=1S/C24H28FN3O5/c1-23(2,3)14-32-20(30)11-17(19(29)13-25)27-22(31)24(4)12-18(28-33-24)21-16-8-6-5-7-15(16)9-10-26-21/h5-10,17H,11-14H2,1-4H3,(H,27,31)/t17-,24?/m0/s1. The molecule has 0 saturated carbocycles. The molecule has 1 N–H and O–H groups in total. The van der Waals surface area contributed by atoms with Crippen LogP contribution in [0.3, 0.4) is 0 Å². The summed E-state index contributed by atoms with van der Waals surface area (Å²) in [5.41, 5.74) is -0.653. The van der Waals surface area contributed by atoms with Gasteiger partial charge in [0.15, 0.2) is 5.78 Å². The van der Waals surface area contributed by atoms with Gasteiger partial charge < -0.3 is 14.9 Å². The van der Waals surface area contributed by atoms with Crippen LogP contribution in [-0.2, 0) is 24.0 Å². The Bertz CT molecular complexity index is 1090. The number of nitrogens with one attached hydrogen (secondary N) is 1. The van der Waals surface area contributed by atoms with Gasteiger partial charge in [0, 0.05) is 18.0 Å². The number of Topliss-reactive ketones (excluding diaryl/α,β-unsaturated/α-hetero) is 1. The molecule has 0 bridgehead atoms. The number of carbonyl (C=O) groups is 3. The summed E-state index contributed by atoms with van der Waals surface area (Å²) in [6, 6.07) is 8.12. The third-order valence-corrected chi connectivity index (χ3v) is 5.15. The number of carbonyl (C=O) groups excluding carboxylic acids is 3. The fraction of sp³-hybridized carbons (Fsp3) is 0.458. The number of ketones is 1. The van der Waals surface area contributed by atoms with E-state index in [9.17, 15) is 18.8 Å². The second-order valence-corrected chi connectivity index (χ2v) is 9.47. The van der Waals surface area contributed by atoms with E-state index in [1.807, 2.05) is 51.1 Å². The Kier molecular flexibility index (Phi) is 7.09. The number of halogens is 1. The number of rotatable bonds is 8. The maximum atomic E-state index is 13.1. The van der Waals surface area contributed by atoms with Crippen LogP contribution in [0, 0.1) is 5.41 Å². The van der Waals surface area contributed by atoms with Crippen LogP contribution in [0.5, 0.6) is 0 Å². The average Bonchev–Trinajstić information content (AvgIpc) is 3.19. The van der Waals surface area contributed by atoms with Gasteiger partial charge >= 0.3 is 5.97 Å². The molecule has 0 fully saturated rings.